The molecule has 1 amide bonds. The van der Waals surface area contributed by atoms with Crippen LogP contribution in [0.3, 0.4) is 0 Å². The number of nitro groups is 1. The summed E-state index contributed by atoms with van der Waals surface area (Å²) in [5, 5.41) is 11.0. The summed E-state index contributed by atoms with van der Waals surface area (Å²) < 4.78 is 11.9. The fourth-order valence-corrected chi connectivity index (χ4v) is 4.61. The zero-order valence-corrected chi connectivity index (χ0v) is 15.7. The van der Waals surface area contributed by atoms with E-state index in [1.807, 2.05) is 0 Å². The number of nitrogens with zero attached hydrogens (tertiary/aromatic N) is 3. The largest absolute Gasteiger partial charge is 0.378 e. The topological polar surface area (TPSA) is 85.2 Å². The Morgan fingerprint density at radius 2 is 2.11 bits per heavy atom. The number of carbonyl (C=O) groups excluding carboxylic acids is 1. The van der Waals surface area contributed by atoms with Crippen LogP contribution in [-0.2, 0) is 14.3 Å². The minimum atomic E-state index is -0.435. The SMILES string of the molecule is CC1(C)CN(C2CCN(c3cccc([N+](=O)[O-])c3)C2=O)CC2(CCOC2)O1. The standard InChI is InChI=1S/C19H25N3O5/c1-18(2)11-20(12-19(27-18)7-9-26-13-19)16-6-8-21(17(16)23)14-4-3-5-15(10-14)22(24)25/h3-5,10,16H,6-9,11-13H2,1-2H3. The van der Waals surface area contributed by atoms with Crippen LogP contribution < -0.4 is 4.90 Å². The first-order valence-corrected chi connectivity index (χ1v) is 9.37. The Morgan fingerprint density at radius 1 is 1.30 bits per heavy atom. The number of rotatable bonds is 3. The molecule has 0 bridgehead atoms. The van der Waals surface area contributed by atoms with Crippen molar-refractivity contribution in [3.05, 3.63) is 34.4 Å². The Kier molecular flexibility index (Phi) is 4.44. The maximum Gasteiger partial charge on any atom is 0.271 e. The Bertz CT molecular complexity index is 759. The lowest BCUT2D eigenvalue weighted by Crippen LogP contribution is -2.63. The Morgan fingerprint density at radius 3 is 2.81 bits per heavy atom. The van der Waals surface area contributed by atoms with Crippen LogP contribution in [0.2, 0.25) is 0 Å². The highest BCUT2D eigenvalue weighted by Crippen LogP contribution is 2.37. The summed E-state index contributed by atoms with van der Waals surface area (Å²) in [7, 11) is 0. The molecule has 8 nitrogen and oxygen atoms in total. The average Bonchev–Trinajstić information content (AvgIpc) is 3.20. The highest BCUT2D eigenvalue weighted by molar-refractivity contribution is 5.99. The zero-order valence-electron chi connectivity index (χ0n) is 15.7. The minimum absolute atomic E-state index is 0.00156. The van der Waals surface area contributed by atoms with Gasteiger partial charge in [0.25, 0.3) is 5.69 Å². The zero-order chi connectivity index (χ0) is 19.2. The number of ether oxygens (including phenoxy) is 2. The van der Waals surface area contributed by atoms with Crippen molar-refractivity contribution in [3.8, 4) is 0 Å². The third-order valence-electron chi connectivity index (χ3n) is 5.61. The first kappa shape index (κ1) is 18.3. The van der Waals surface area contributed by atoms with Gasteiger partial charge in [-0.3, -0.25) is 19.8 Å². The lowest BCUT2D eigenvalue weighted by atomic mass is 9.93. The smallest absolute Gasteiger partial charge is 0.271 e. The molecule has 3 aliphatic rings. The molecule has 146 valence electrons. The molecule has 3 aliphatic heterocycles. The van der Waals surface area contributed by atoms with Gasteiger partial charge in [0.1, 0.15) is 5.60 Å². The number of hydrogen-bond acceptors (Lipinski definition) is 6. The predicted molar refractivity (Wildman–Crippen MR) is 98.8 cm³/mol. The number of hydrogen-bond donors (Lipinski definition) is 0. The molecule has 0 aliphatic carbocycles. The van der Waals surface area contributed by atoms with Crippen molar-refractivity contribution in [1.82, 2.24) is 4.90 Å². The van der Waals surface area contributed by atoms with Crippen LogP contribution in [0.4, 0.5) is 11.4 Å². The fourth-order valence-electron chi connectivity index (χ4n) is 4.61. The van der Waals surface area contributed by atoms with Gasteiger partial charge in [-0.1, -0.05) is 6.07 Å². The molecule has 1 aromatic carbocycles. The molecule has 0 aromatic heterocycles. The molecule has 3 saturated heterocycles. The van der Waals surface area contributed by atoms with E-state index >= 15 is 0 Å². The molecule has 1 aromatic rings. The number of carbonyl (C=O) groups is 1. The van der Waals surface area contributed by atoms with E-state index in [1.54, 1.807) is 17.0 Å². The van der Waals surface area contributed by atoms with Crippen molar-refractivity contribution in [2.75, 3.05) is 37.7 Å². The van der Waals surface area contributed by atoms with Gasteiger partial charge < -0.3 is 14.4 Å². The van der Waals surface area contributed by atoms with E-state index in [1.165, 1.54) is 12.1 Å². The van der Waals surface area contributed by atoms with Gasteiger partial charge in [-0.05, 0) is 26.3 Å². The fraction of sp³-hybridized carbons (Fsp3) is 0.632. The number of morpholine rings is 1. The number of benzene rings is 1. The highest BCUT2D eigenvalue weighted by Gasteiger charge is 2.50. The van der Waals surface area contributed by atoms with E-state index in [4.69, 9.17) is 9.47 Å². The summed E-state index contributed by atoms with van der Waals surface area (Å²) in [6.45, 7) is 7.26. The van der Waals surface area contributed by atoms with Crippen molar-refractivity contribution in [2.45, 2.75) is 43.9 Å². The summed E-state index contributed by atoms with van der Waals surface area (Å²) in [6, 6.07) is 6.05. The second-order valence-electron chi connectivity index (χ2n) is 8.32. The van der Waals surface area contributed by atoms with E-state index in [0.29, 0.717) is 45.0 Å². The highest BCUT2D eigenvalue weighted by atomic mass is 16.6. The molecule has 0 radical (unpaired) electrons. The third kappa shape index (κ3) is 3.44. The first-order chi connectivity index (χ1) is 12.8. The van der Waals surface area contributed by atoms with E-state index in [2.05, 4.69) is 18.7 Å². The summed E-state index contributed by atoms with van der Waals surface area (Å²) in [4.78, 5) is 27.6. The van der Waals surface area contributed by atoms with Gasteiger partial charge in [-0.2, -0.15) is 0 Å². The van der Waals surface area contributed by atoms with Crippen LogP contribution >= 0.6 is 0 Å². The maximum atomic E-state index is 13.1. The lowest BCUT2D eigenvalue weighted by molar-refractivity contribution is -0.384. The molecule has 3 fully saturated rings. The monoisotopic (exact) mass is 375 g/mol. The Labute approximate surface area is 158 Å². The van der Waals surface area contributed by atoms with Gasteiger partial charge >= 0.3 is 0 Å². The second kappa shape index (κ2) is 6.54. The van der Waals surface area contributed by atoms with Crippen LogP contribution in [0.15, 0.2) is 24.3 Å². The third-order valence-corrected chi connectivity index (χ3v) is 5.61. The Balaban J connectivity index is 1.54. The molecule has 2 atom stereocenters. The van der Waals surface area contributed by atoms with Gasteiger partial charge in [-0.25, -0.2) is 0 Å². The molecule has 2 unspecified atom stereocenters. The van der Waals surface area contributed by atoms with Gasteiger partial charge in [0, 0.05) is 44.8 Å². The molecule has 4 rings (SSSR count). The first-order valence-electron chi connectivity index (χ1n) is 9.37. The van der Waals surface area contributed by atoms with Crippen molar-refractivity contribution in [2.24, 2.45) is 0 Å². The molecule has 0 saturated carbocycles. The number of nitro benzene ring substituents is 1. The molecule has 8 heteroatoms. The van der Waals surface area contributed by atoms with E-state index in [-0.39, 0.29) is 28.8 Å². The maximum absolute atomic E-state index is 13.1. The quantitative estimate of drug-likeness (QED) is 0.593. The van der Waals surface area contributed by atoms with Crippen molar-refractivity contribution < 1.29 is 19.2 Å². The van der Waals surface area contributed by atoms with Crippen molar-refractivity contribution >= 4 is 17.3 Å². The molecule has 0 N–H and O–H groups in total. The Hall–Kier alpha value is -2.03. The molecule has 1 spiro atoms. The van der Waals surface area contributed by atoms with E-state index in [9.17, 15) is 14.9 Å². The number of amides is 1. The summed E-state index contributed by atoms with van der Waals surface area (Å²) in [6.07, 6.45) is 1.54. The summed E-state index contributed by atoms with van der Waals surface area (Å²) >= 11 is 0. The number of non-ortho nitro benzene ring substituents is 1. The van der Waals surface area contributed by atoms with Crippen LogP contribution in [0.5, 0.6) is 0 Å². The van der Waals surface area contributed by atoms with Crippen LogP contribution in [0.25, 0.3) is 0 Å². The molecule has 3 heterocycles. The van der Waals surface area contributed by atoms with Crippen molar-refractivity contribution in [3.63, 3.8) is 0 Å². The molecule has 27 heavy (non-hydrogen) atoms. The minimum Gasteiger partial charge on any atom is -0.378 e. The summed E-state index contributed by atoms with van der Waals surface area (Å²) in [5.74, 6) is 0.00210. The molecular formula is C19H25N3O5. The van der Waals surface area contributed by atoms with Gasteiger partial charge in [0.15, 0.2) is 0 Å². The van der Waals surface area contributed by atoms with Crippen LogP contribution in [0, 0.1) is 10.1 Å². The second-order valence-corrected chi connectivity index (χ2v) is 8.32. The van der Waals surface area contributed by atoms with Crippen molar-refractivity contribution in [1.29, 1.82) is 0 Å². The lowest BCUT2D eigenvalue weighted by Gasteiger charge is -2.49. The molecular weight excluding hydrogens is 350 g/mol. The van der Waals surface area contributed by atoms with Gasteiger partial charge in [-0.15, -0.1) is 0 Å². The normalized spacial score (nSPS) is 31.0. The van der Waals surface area contributed by atoms with Crippen LogP contribution in [-0.4, -0.2) is 65.8 Å². The van der Waals surface area contributed by atoms with E-state index < -0.39 is 4.92 Å². The number of anilines is 1. The predicted octanol–water partition coefficient (Wildman–Crippen LogP) is 1.97. The van der Waals surface area contributed by atoms with E-state index in [0.717, 1.165) is 6.42 Å². The average molecular weight is 375 g/mol. The van der Waals surface area contributed by atoms with Gasteiger partial charge in [0.05, 0.1) is 28.9 Å². The van der Waals surface area contributed by atoms with Gasteiger partial charge in [0.2, 0.25) is 5.91 Å². The van der Waals surface area contributed by atoms with Crippen LogP contribution in [0.1, 0.15) is 26.7 Å². The summed E-state index contributed by atoms with van der Waals surface area (Å²) in [5.41, 5.74) is -0.118.